The van der Waals surface area contributed by atoms with Gasteiger partial charge in [-0.3, -0.25) is 0 Å². The van der Waals surface area contributed by atoms with E-state index in [2.05, 4.69) is 31.1 Å². The van der Waals surface area contributed by atoms with Crippen molar-refractivity contribution in [3.8, 4) is 0 Å². The summed E-state index contributed by atoms with van der Waals surface area (Å²) in [5.41, 5.74) is 1.77. The van der Waals surface area contributed by atoms with Crippen LogP contribution in [0.15, 0.2) is 40.8 Å². The number of nitrogens with zero attached hydrogens (tertiary/aromatic N) is 3. The lowest BCUT2D eigenvalue weighted by Gasteiger charge is -2.29. The predicted octanol–water partition coefficient (Wildman–Crippen LogP) is 1.71. The molecule has 22 heavy (non-hydrogen) atoms. The first-order chi connectivity index (χ1) is 10.6. The van der Waals surface area contributed by atoms with Gasteiger partial charge in [0.1, 0.15) is 5.82 Å². The Balaban J connectivity index is 1.69. The molecule has 3 rings (SSSR count). The zero-order chi connectivity index (χ0) is 15.5. The van der Waals surface area contributed by atoms with Crippen molar-refractivity contribution in [3.63, 3.8) is 0 Å². The smallest absolute Gasteiger partial charge is 0.167 e. The summed E-state index contributed by atoms with van der Waals surface area (Å²) in [5, 5.41) is 13.3. The van der Waals surface area contributed by atoms with Crippen LogP contribution >= 0.6 is 15.9 Å². The number of allylic oxidation sites excluding steroid dienone is 2. The first kappa shape index (κ1) is 15.3. The van der Waals surface area contributed by atoms with Crippen molar-refractivity contribution in [2.24, 2.45) is 0 Å². The topological polar surface area (TPSA) is 60.9 Å². The largest absolute Gasteiger partial charge is 0.378 e. The number of hydrogen-bond acceptors (Lipinski definition) is 6. The zero-order valence-electron chi connectivity index (χ0n) is 12.4. The molecule has 6 nitrogen and oxygen atoms in total. The number of aliphatic hydroxyl groups excluding tert-OH is 1. The summed E-state index contributed by atoms with van der Waals surface area (Å²) in [6.07, 6.45) is 4.81. The Morgan fingerprint density at radius 3 is 2.82 bits per heavy atom. The molecule has 2 aliphatic heterocycles. The first-order valence-corrected chi connectivity index (χ1v) is 7.97. The number of halogens is 1. The third-order valence-electron chi connectivity index (χ3n) is 3.68. The minimum atomic E-state index is -0.706. The summed E-state index contributed by atoms with van der Waals surface area (Å²) in [7, 11) is 1.82. The maximum absolute atomic E-state index is 10.2. The summed E-state index contributed by atoms with van der Waals surface area (Å²) in [5.74, 6) is 0.706. The number of morpholine rings is 1. The summed E-state index contributed by atoms with van der Waals surface area (Å²) < 4.78 is 6.25. The van der Waals surface area contributed by atoms with Gasteiger partial charge in [-0.15, -0.1) is 0 Å². The SMILES string of the molecule is CN1C=C(Br)C=C(Nc2ccc(N3CCOCC3)cn2)C1O. The van der Waals surface area contributed by atoms with Gasteiger partial charge in [0.25, 0.3) is 0 Å². The third-order valence-corrected chi connectivity index (χ3v) is 4.11. The van der Waals surface area contributed by atoms with Crippen LogP contribution < -0.4 is 10.2 Å². The van der Waals surface area contributed by atoms with Gasteiger partial charge < -0.3 is 25.0 Å². The van der Waals surface area contributed by atoms with Crippen molar-refractivity contribution < 1.29 is 9.84 Å². The molecule has 0 radical (unpaired) electrons. The molecule has 1 saturated heterocycles. The number of aliphatic hydroxyl groups is 1. The number of hydrogen-bond donors (Lipinski definition) is 2. The Morgan fingerprint density at radius 1 is 1.36 bits per heavy atom. The highest BCUT2D eigenvalue weighted by Gasteiger charge is 2.19. The van der Waals surface area contributed by atoms with E-state index in [0.717, 1.165) is 36.5 Å². The fourth-order valence-electron chi connectivity index (χ4n) is 2.46. The number of pyridine rings is 1. The molecule has 2 aliphatic rings. The molecule has 0 bridgehead atoms. The highest BCUT2D eigenvalue weighted by atomic mass is 79.9. The van der Waals surface area contributed by atoms with Crippen LogP contribution in [0, 0.1) is 0 Å². The molecule has 1 aromatic heterocycles. The van der Waals surface area contributed by atoms with Crippen LogP contribution in [0.25, 0.3) is 0 Å². The monoisotopic (exact) mass is 366 g/mol. The average Bonchev–Trinajstić information content (AvgIpc) is 2.54. The molecule has 1 unspecified atom stereocenters. The van der Waals surface area contributed by atoms with Gasteiger partial charge >= 0.3 is 0 Å². The van der Waals surface area contributed by atoms with Crippen molar-refractivity contribution >= 4 is 27.4 Å². The third kappa shape index (κ3) is 3.43. The van der Waals surface area contributed by atoms with Gasteiger partial charge in [-0.2, -0.15) is 0 Å². The van der Waals surface area contributed by atoms with E-state index in [1.54, 1.807) is 4.90 Å². The van der Waals surface area contributed by atoms with Crippen molar-refractivity contribution in [1.82, 2.24) is 9.88 Å². The van der Waals surface area contributed by atoms with Crippen molar-refractivity contribution in [1.29, 1.82) is 0 Å². The number of rotatable bonds is 3. The van der Waals surface area contributed by atoms with E-state index in [1.165, 1.54) is 0 Å². The molecule has 1 fully saturated rings. The van der Waals surface area contributed by atoms with Gasteiger partial charge in [0.05, 0.1) is 30.8 Å². The van der Waals surface area contributed by atoms with Gasteiger partial charge in [0, 0.05) is 30.8 Å². The molecule has 3 heterocycles. The zero-order valence-corrected chi connectivity index (χ0v) is 14.0. The minimum absolute atomic E-state index is 0.684. The van der Waals surface area contributed by atoms with E-state index in [4.69, 9.17) is 4.74 Å². The number of aromatic nitrogens is 1. The lowest BCUT2D eigenvalue weighted by Crippen LogP contribution is -2.36. The van der Waals surface area contributed by atoms with E-state index in [1.807, 2.05) is 37.7 Å². The van der Waals surface area contributed by atoms with Crippen LogP contribution in [0.1, 0.15) is 0 Å². The summed E-state index contributed by atoms with van der Waals surface area (Å²) in [6.45, 7) is 3.29. The molecular weight excluding hydrogens is 348 g/mol. The average molecular weight is 367 g/mol. The predicted molar refractivity (Wildman–Crippen MR) is 89.8 cm³/mol. The van der Waals surface area contributed by atoms with E-state index >= 15 is 0 Å². The molecule has 118 valence electrons. The first-order valence-electron chi connectivity index (χ1n) is 7.18. The Hall–Kier alpha value is -1.57. The van der Waals surface area contributed by atoms with Crippen LogP contribution in [0.2, 0.25) is 0 Å². The summed E-state index contributed by atoms with van der Waals surface area (Å²) in [4.78, 5) is 8.40. The van der Waals surface area contributed by atoms with Crippen molar-refractivity contribution in [2.75, 3.05) is 43.6 Å². The normalized spacial score (nSPS) is 22.2. The molecule has 0 spiro atoms. The molecule has 0 amide bonds. The second kappa shape index (κ2) is 6.68. The quantitative estimate of drug-likeness (QED) is 0.849. The Morgan fingerprint density at radius 2 is 2.14 bits per heavy atom. The number of anilines is 2. The Labute approximate surface area is 138 Å². The van der Waals surface area contributed by atoms with Crippen LogP contribution in [-0.4, -0.2) is 54.6 Å². The van der Waals surface area contributed by atoms with Crippen molar-refractivity contribution in [2.45, 2.75) is 6.23 Å². The minimum Gasteiger partial charge on any atom is -0.378 e. The van der Waals surface area contributed by atoms with Gasteiger partial charge in [-0.05, 0) is 34.1 Å². The fraction of sp³-hybridized carbons (Fsp3) is 0.400. The van der Waals surface area contributed by atoms with E-state index < -0.39 is 6.23 Å². The molecule has 7 heteroatoms. The van der Waals surface area contributed by atoms with Gasteiger partial charge in [0.15, 0.2) is 6.23 Å². The summed E-state index contributed by atoms with van der Waals surface area (Å²) >= 11 is 3.43. The van der Waals surface area contributed by atoms with E-state index in [0.29, 0.717) is 11.5 Å². The number of nitrogens with one attached hydrogen (secondary N) is 1. The second-order valence-electron chi connectivity index (χ2n) is 5.28. The van der Waals surface area contributed by atoms with E-state index in [-0.39, 0.29) is 0 Å². The molecular formula is C15H19BrN4O2. The van der Waals surface area contributed by atoms with Crippen LogP contribution in [0.4, 0.5) is 11.5 Å². The molecule has 0 aromatic carbocycles. The Bertz CT molecular complexity index is 582. The highest BCUT2D eigenvalue weighted by molar-refractivity contribution is 9.11. The Kier molecular flexibility index (Phi) is 4.66. The summed E-state index contributed by atoms with van der Waals surface area (Å²) in [6, 6.07) is 3.95. The molecule has 0 saturated carbocycles. The molecule has 1 aromatic rings. The maximum Gasteiger partial charge on any atom is 0.167 e. The van der Waals surface area contributed by atoms with E-state index in [9.17, 15) is 5.11 Å². The lowest BCUT2D eigenvalue weighted by molar-refractivity contribution is 0.0868. The lowest BCUT2D eigenvalue weighted by atomic mass is 10.2. The number of ether oxygens (including phenoxy) is 1. The maximum atomic E-state index is 10.2. The van der Waals surface area contributed by atoms with Crippen LogP contribution in [-0.2, 0) is 4.74 Å². The molecule has 0 aliphatic carbocycles. The second-order valence-corrected chi connectivity index (χ2v) is 6.19. The van der Waals surface area contributed by atoms with Gasteiger partial charge in [0.2, 0.25) is 0 Å². The fourth-order valence-corrected chi connectivity index (χ4v) is 3.03. The van der Waals surface area contributed by atoms with Crippen LogP contribution in [0.3, 0.4) is 0 Å². The molecule has 1 atom stereocenters. The van der Waals surface area contributed by atoms with Gasteiger partial charge in [-0.1, -0.05) is 0 Å². The highest BCUT2D eigenvalue weighted by Crippen LogP contribution is 2.23. The standard InChI is InChI=1S/C15H19BrN4O2/c1-19-10-11(16)8-13(15(19)21)18-14-3-2-12(9-17-14)20-4-6-22-7-5-20/h2-3,8-10,15,21H,4-7H2,1H3,(H,17,18). The number of likely N-dealkylation sites (N-methyl/N-ethyl adjacent to an activating group) is 1. The van der Waals surface area contributed by atoms with Gasteiger partial charge in [-0.25, -0.2) is 4.98 Å². The van der Waals surface area contributed by atoms with Crippen LogP contribution in [0.5, 0.6) is 0 Å². The van der Waals surface area contributed by atoms with Crippen molar-refractivity contribution in [3.05, 3.63) is 40.8 Å². The molecule has 2 N–H and O–H groups in total.